The molecule has 4 heteroatoms. The van der Waals surface area contributed by atoms with Gasteiger partial charge in [-0.15, -0.1) is 0 Å². The van der Waals surface area contributed by atoms with Crippen molar-refractivity contribution in [2.24, 2.45) is 5.73 Å². The van der Waals surface area contributed by atoms with Crippen molar-refractivity contribution in [3.8, 4) is 11.1 Å². The fourth-order valence-corrected chi connectivity index (χ4v) is 2.46. The maximum absolute atomic E-state index is 7.62. The van der Waals surface area contributed by atoms with Gasteiger partial charge in [-0.3, -0.25) is 0 Å². The zero-order valence-corrected chi connectivity index (χ0v) is 12.7. The Balaban J connectivity index is 2.60. The summed E-state index contributed by atoms with van der Waals surface area (Å²) in [6.45, 7) is 1.97. The second kappa shape index (κ2) is 5.97. The van der Waals surface area contributed by atoms with Crippen LogP contribution in [-0.4, -0.2) is 20.3 Å². The van der Waals surface area contributed by atoms with E-state index in [1.54, 1.807) is 0 Å². The molecule has 5 N–H and O–H groups in total. The van der Waals surface area contributed by atoms with Crippen LogP contribution in [0.25, 0.3) is 11.1 Å². The van der Waals surface area contributed by atoms with Gasteiger partial charge in [0.15, 0.2) is 0 Å². The average Bonchev–Trinajstić information content (AvgIpc) is 2.46. The monoisotopic (exact) mass is 282 g/mol. The third kappa shape index (κ3) is 2.90. The summed E-state index contributed by atoms with van der Waals surface area (Å²) in [5.74, 6) is 0. The molecule has 0 heterocycles. The van der Waals surface area contributed by atoms with Crippen LogP contribution < -0.4 is 16.4 Å². The minimum absolute atomic E-state index is 0.0240. The van der Waals surface area contributed by atoms with Gasteiger partial charge in [0.05, 0.1) is 5.69 Å². The molecule has 110 valence electrons. The van der Waals surface area contributed by atoms with Gasteiger partial charge >= 0.3 is 0 Å². The predicted octanol–water partition coefficient (Wildman–Crippen LogP) is 3.02. The van der Waals surface area contributed by atoms with E-state index in [1.807, 2.05) is 50.2 Å². The average molecular weight is 282 g/mol. The molecular weight excluding hydrogens is 260 g/mol. The molecule has 0 radical (unpaired) electrons. The lowest BCUT2D eigenvalue weighted by molar-refractivity contribution is 0.818. The Bertz CT molecular complexity index is 643. The number of nitrogens with zero attached hydrogens (tertiary/aromatic N) is 1. The smallest absolute Gasteiger partial charge is 0.0550 e. The van der Waals surface area contributed by atoms with Gasteiger partial charge in [0.1, 0.15) is 0 Å². The van der Waals surface area contributed by atoms with E-state index in [0.717, 1.165) is 27.9 Å². The minimum atomic E-state index is 0.0240. The van der Waals surface area contributed by atoms with Crippen molar-refractivity contribution in [1.29, 1.82) is 5.41 Å². The molecule has 0 aromatic heterocycles. The molecule has 0 aliphatic rings. The second-order valence-corrected chi connectivity index (χ2v) is 5.41. The van der Waals surface area contributed by atoms with E-state index < -0.39 is 0 Å². The molecule has 0 spiro atoms. The predicted molar refractivity (Wildman–Crippen MR) is 91.1 cm³/mol. The van der Waals surface area contributed by atoms with Gasteiger partial charge in [-0.25, -0.2) is 0 Å². The number of nitrogens with one attached hydrogen (secondary N) is 1. The molecule has 4 nitrogen and oxygen atoms in total. The number of nitrogens with two attached hydrogens (primary N) is 2. The normalized spacial score (nSPS) is 12.0. The Morgan fingerprint density at radius 1 is 1.10 bits per heavy atom. The molecule has 2 aromatic rings. The van der Waals surface area contributed by atoms with E-state index in [4.69, 9.17) is 16.9 Å². The standard InChI is InChI=1S/C17H22N4/c1-11(19)12-4-6-13(7-5-12)14-8-9-16(20)15(10-18)17(14)21(2)3/h4-11,18H,19-20H2,1-3H3. The first-order valence-corrected chi connectivity index (χ1v) is 6.92. The fourth-order valence-electron chi connectivity index (χ4n) is 2.46. The first kappa shape index (κ1) is 15.1. The minimum Gasteiger partial charge on any atom is -0.398 e. The van der Waals surface area contributed by atoms with Crippen LogP contribution in [0, 0.1) is 5.41 Å². The highest BCUT2D eigenvalue weighted by atomic mass is 15.1. The highest BCUT2D eigenvalue weighted by molar-refractivity contribution is 5.99. The summed E-state index contributed by atoms with van der Waals surface area (Å²) < 4.78 is 0. The van der Waals surface area contributed by atoms with Gasteiger partial charge in [-0.05, 0) is 24.1 Å². The fraction of sp³-hybridized carbons (Fsp3) is 0.235. The zero-order valence-electron chi connectivity index (χ0n) is 12.7. The molecule has 1 atom stereocenters. The molecule has 0 aliphatic heterocycles. The first-order valence-electron chi connectivity index (χ1n) is 6.92. The second-order valence-electron chi connectivity index (χ2n) is 5.41. The number of hydrogen-bond donors (Lipinski definition) is 3. The van der Waals surface area contributed by atoms with E-state index in [1.165, 1.54) is 6.21 Å². The van der Waals surface area contributed by atoms with Crippen LogP contribution in [0.1, 0.15) is 24.1 Å². The lowest BCUT2D eigenvalue weighted by atomic mass is 9.96. The van der Waals surface area contributed by atoms with Crippen LogP contribution in [0.3, 0.4) is 0 Å². The molecule has 2 rings (SSSR count). The Labute approximate surface area is 125 Å². The summed E-state index contributed by atoms with van der Waals surface area (Å²) in [5, 5.41) is 7.62. The van der Waals surface area contributed by atoms with E-state index in [-0.39, 0.29) is 6.04 Å². The highest BCUT2D eigenvalue weighted by Gasteiger charge is 2.14. The zero-order chi connectivity index (χ0) is 15.6. The molecule has 0 fully saturated rings. The number of benzene rings is 2. The maximum atomic E-state index is 7.62. The molecule has 2 aromatic carbocycles. The summed E-state index contributed by atoms with van der Waals surface area (Å²) in [6, 6.07) is 12.1. The Hall–Kier alpha value is -2.33. The largest absolute Gasteiger partial charge is 0.398 e. The van der Waals surface area contributed by atoms with Gasteiger partial charge in [-0.1, -0.05) is 30.3 Å². The SMILES string of the molecule is CC(N)c1ccc(-c2ccc(N)c(C=N)c2N(C)C)cc1. The van der Waals surface area contributed by atoms with Gasteiger partial charge < -0.3 is 21.8 Å². The van der Waals surface area contributed by atoms with Gasteiger partial charge in [-0.2, -0.15) is 0 Å². The summed E-state index contributed by atoms with van der Waals surface area (Å²) in [5.41, 5.74) is 17.4. The van der Waals surface area contributed by atoms with Crippen LogP contribution in [0.5, 0.6) is 0 Å². The van der Waals surface area contributed by atoms with Crippen LogP contribution >= 0.6 is 0 Å². The van der Waals surface area contributed by atoms with Crippen molar-refractivity contribution in [2.45, 2.75) is 13.0 Å². The van der Waals surface area contributed by atoms with Crippen LogP contribution in [0.2, 0.25) is 0 Å². The lowest BCUT2D eigenvalue weighted by Gasteiger charge is -2.21. The van der Waals surface area contributed by atoms with Crippen molar-refractivity contribution in [3.05, 3.63) is 47.5 Å². The number of nitrogen functional groups attached to an aromatic ring is 1. The van der Waals surface area contributed by atoms with Gasteiger partial charge in [0, 0.05) is 43.2 Å². The van der Waals surface area contributed by atoms with E-state index in [0.29, 0.717) is 5.69 Å². The Kier molecular flexibility index (Phi) is 4.29. The first-order chi connectivity index (χ1) is 9.95. The topological polar surface area (TPSA) is 79.1 Å². The van der Waals surface area contributed by atoms with Crippen molar-refractivity contribution >= 4 is 17.6 Å². The number of anilines is 2. The molecule has 0 saturated carbocycles. The van der Waals surface area contributed by atoms with Crippen molar-refractivity contribution in [1.82, 2.24) is 0 Å². The summed E-state index contributed by atoms with van der Waals surface area (Å²) in [6.07, 6.45) is 1.31. The van der Waals surface area contributed by atoms with Crippen molar-refractivity contribution in [3.63, 3.8) is 0 Å². The molecule has 0 amide bonds. The Morgan fingerprint density at radius 3 is 2.19 bits per heavy atom. The van der Waals surface area contributed by atoms with E-state index in [2.05, 4.69) is 12.1 Å². The molecule has 1 unspecified atom stereocenters. The van der Waals surface area contributed by atoms with Crippen LogP contribution in [-0.2, 0) is 0 Å². The maximum Gasteiger partial charge on any atom is 0.0550 e. The quantitative estimate of drug-likeness (QED) is 0.595. The van der Waals surface area contributed by atoms with E-state index >= 15 is 0 Å². The molecule has 0 saturated heterocycles. The number of rotatable bonds is 4. The molecular formula is C17H22N4. The molecule has 0 bridgehead atoms. The summed E-state index contributed by atoms with van der Waals surface area (Å²) in [4.78, 5) is 1.99. The summed E-state index contributed by atoms with van der Waals surface area (Å²) in [7, 11) is 3.92. The Morgan fingerprint density at radius 2 is 1.71 bits per heavy atom. The third-order valence-electron chi connectivity index (χ3n) is 3.59. The highest BCUT2D eigenvalue weighted by Crippen LogP contribution is 2.35. The van der Waals surface area contributed by atoms with E-state index in [9.17, 15) is 0 Å². The van der Waals surface area contributed by atoms with Gasteiger partial charge in [0.25, 0.3) is 0 Å². The molecule has 0 aliphatic carbocycles. The van der Waals surface area contributed by atoms with Crippen molar-refractivity contribution in [2.75, 3.05) is 24.7 Å². The van der Waals surface area contributed by atoms with Gasteiger partial charge in [0.2, 0.25) is 0 Å². The summed E-state index contributed by atoms with van der Waals surface area (Å²) >= 11 is 0. The third-order valence-corrected chi connectivity index (χ3v) is 3.59. The van der Waals surface area contributed by atoms with Crippen molar-refractivity contribution < 1.29 is 0 Å². The van der Waals surface area contributed by atoms with Crippen LogP contribution in [0.4, 0.5) is 11.4 Å². The molecule has 21 heavy (non-hydrogen) atoms. The lowest BCUT2D eigenvalue weighted by Crippen LogP contribution is -2.14. The van der Waals surface area contributed by atoms with Crippen LogP contribution in [0.15, 0.2) is 36.4 Å². The number of hydrogen-bond acceptors (Lipinski definition) is 4.